The lowest BCUT2D eigenvalue weighted by Gasteiger charge is -2.35. The fourth-order valence-corrected chi connectivity index (χ4v) is 4.68. The predicted molar refractivity (Wildman–Crippen MR) is 97.4 cm³/mol. The monoisotopic (exact) mass is 382 g/mol. The summed E-state index contributed by atoms with van der Waals surface area (Å²) in [5, 5.41) is 9.35. The first kappa shape index (κ1) is 18.3. The Morgan fingerprint density at radius 1 is 1.36 bits per heavy atom. The van der Waals surface area contributed by atoms with Crippen LogP contribution in [0.1, 0.15) is 44.2 Å². The molecule has 1 N–H and O–H groups in total. The number of ether oxygens (including phenoxy) is 1. The van der Waals surface area contributed by atoms with Crippen molar-refractivity contribution in [1.82, 2.24) is 0 Å². The molecule has 1 aromatic carbocycles. The van der Waals surface area contributed by atoms with Crippen LogP contribution in [0.4, 0.5) is 0 Å². The molecule has 4 nitrogen and oxygen atoms in total. The number of ketones is 1. The van der Waals surface area contributed by atoms with Gasteiger partial charge in [-0.2, -0.15) is 0 Å². The normalized spacial score (nSPS) is 21.8. The Labute approximate surface area is 156 Å². The van der Waals surface area contributed by atoms with E-state index in [4.69, 9.17) is 33.0 Å². The van der Waals surface area contributed by atoms with E-state index in [-0.39, 0.29) is 22.0 Å². The van der Waals surface area contributed by atoms with E-state index in [0.717, 1.165) is 36.0 Å². The Bertz CT molecular complexity index is 782. The summed E-state index contributed by atoms with van der Waals surface area (Å²) < 4.78 is 5.29. The highest BCUT2D eigenvalue weighted by atomic mass is 35.5. The molecule has 0 aromatic heterocycles. The van der Waals surface area contributed by atoms with Crippen LogP contribution in [-0.2, 0) is 16.0 Å². The first-order valence-electron chi connectivity index (χ1n) is 8.34. The number of halogens is 2. The molecule has 0 fully saturated rings. The van der Waals surface area contributed by atoms with Gasteiger partial charge in [-0.3, -0.25) is 4.79 Å². The van der Waals surface area contributed by atoms with Crippen molar-refractivity contribution in [3.05, 3.63) is 33.3 Å². The van der Waals surface area contributed by atoms with E-state index in [1.807, 2.05) is 0 Å². The van der Waals surface area contributed by atoms with Crippen molar-refractivity contribution in [1.29, 1.82) is 0 Å². The molecule has 0 radical (unpaired) electrons. The van der Waals surface area contributed by atoms with Crippen LogP contribution in [0.5, 0.6) is 5.75 Å². The Morgan fingerprint density at radius 2 is 2.08 bits per heavy atom. The second-order valence-corrected chi connectivity index (χ2v) is 8.05. The van der Waals surface area contributed by atoms with Crippen molar-refractivity contribution in [3.8, 4) is 5.75 Å². The Hall–Kier alpha value is -1.52. The molecule has 2 aliphatic carbocycles. The van der Waals surface area contributed by atoms with Gasteiger partial charge in [-0.15, -0.1) is 0 Å². The summed E-state index contributed by atoms with van der Waals surface area (Å²) in [6.07, 6.45) is 4.78. The van der Waals surface area contributed by atoms with Crippen LogP contribution in [0.3, 0.4) is 0 Å². The molecular formula is C19H20Cl2O4. The minimum atomic E-state index is -1.08. The topological polar surface area (TPSA) is 63.6 Å². The van der Waals surface area contributed by atoms with Gasteiger partial charge in [-0.25, -0.2) is 4.79 Å². The lowest BCUT2D eigenvalue weighted by atomic mass is 9.68. The van der Waals surface area contributed by atoms with Gasteiger partial charge in [0.1, 0.15) is 10.8 Å². The number of rotatable bonds is 5. The standard InChI is InChI=1S/C19H20Cl2O4/c1-10(2)7-19-4-3-12(22)6-13(19)16-11(8-19)5-14(17(20)18(16)21)25-9-15(23)24/h5-6,10H,3-4,7-9H2,1-2H3,(H,23,24). The van der Waals surface area contributed by atoms with Gasteiger partial charge in [0.2, 0.25) is 0 Å². The van der Waals surface area contributed by atoms with Crippen molar-refractivity contribution >= 4 is 40.5 Å². The summed E-state index contributed by atoms with van der Waals surface area (Å²) in [7, 11) is 0. The van der Waals surface area contributed by atoms with Crippen molar-refractivity contribution < 1.29 is 19.4 Å². The van der Waals surface area contributed by atoms with E-state index in [9.17, 15) is 9.59 Å². The number of benzene rings is 1. The van der Waals surface area contributed by atoms with Crippen molar-refractivity contribution in [2.45, 2.75) is 39.5 Å². The van der Waals surface area contributed by atoms with Crippen molar-refractivity contribution in [2.75, 3.05) is 6.61 Å². The van der Waals surface area contributed by atoms with E-state index in [1.54, 1.807) is 12.1 Å². The number of carbonyl (C=O) groups excluding carboxylic acids is 1. The SMILES string of the molecule is CC(C)CC12CCC(=O)C=C1c1c(cc(OCC(=O)O)c(Cl)c1Cl)C2. The fourth-order valence-electron chi connectivity index (χ4n) is 4.16. The second kappa shape index (κ2) is 6.65. The molecule has 0 amide bonds. The van der Waals surface area contributed by atoms with Crippen molar-refractivity contribution in [3.63, 3.8) is 0 Å². The molecule has 0 bridgehead atoms. The van der Waals surface area contributed by atoms with Crippen LogP contribution in [0.25, 0.3) is 5.57 Å². The summed E-state index contributed by atoms with van der Waals surface area (Å²) >= 11 is 12.8. The number of allylic oxidation sites excluding steroid dienone is 2. The molecule has 0 heterocycles. The predicted octanol–water partition coefficient (Wildman–Crippen LogP) is 4.79. The molecule has 0 saturated heterocycles. The fraction of sp³-hybridized carbons (Fsp3) is 0.474. The Kier molecular flexibility index (Phi) is 4.86. The number of carbonyl (C=O) groups is 2. The number of aliphatic carboxylic acids is 1. The van der Waals surface area contributed by atoms with E-state index in [1.165, 1.54) is 0 Å². The maximum absolute atomic E-state index is 12.0. The average Bonchev–Trinajstić information content (AvgIpc) is 2.82. The molecule has 1 atom stereocenters. The third-order valence-corrected chi connectivity index (χ3v) is 5.78. The van der Waals surface area contributed by atoms with Gasteiger partial charge in [0, 0.05) is 17.4 Å². The number of fused-ring (bicyclic) bond motifs is 3. The highest BCUT2D eigenvalue weighted by molar-refractivity contribution is 6.44. The van der Waals surface area contributed by atoms with E-state index in [2.05, 4.69) is 13.8 Å². The number of carboxylic acid groups (broad SMARTS) is 1. The van der Waals surface area contributed by atoms with Crippen molar-refractivity contribution in [2.24, 2.45) is 11.3 Å². The first-order chi connectivity index (χ1) is 11.7. The van der Waals surface area contributed by atoms with E-state index >= 15 is 0 Å². The van der Waals surface area contributed by atoms with Gasteiger partial charge in [-0.1, -0.05) is 37.0 Å². The minimum Gasteiger partial charge on any atom is -0.480 e. The number of hydrogen-bond acceptors (Lipinski definition) is 3. The highest BCUT2D eigenvalue weighted by Gasteiger charge is 2.46. The summed E-state index contributed by atoms with van der Waals surface area (Å²) in [6.45, 7) is 3.86. The van der Waals surface area contributed by atoms with E-state index < -0.39 is 12.6 Å². The molecule has 25 heavy (non-hydrogen) atoms. The molecular weight excluding hydrogens is 363 g/mol. The van der Waals surface area contributed by atoms with Gasteiger partial charge in [-0.05, 0) is 48.5 Å². The largest absolute Gasteiger partial charge is 0.480 e. The second-order valence-electron chi connectivity index (χ2n) is 7.30. The highest BCUT2D eigenvalue weighted by Crippen LogP contribution is 2.58. The summed E-state index contributed by atoms with van der Waals surface area (Å²) in [6, 6.07) is 1.78. The Balaban J connectivity index is 2.10. The van der Waals surface area contributed by atoms with Gasteiger partial charge >= 0.3 is 5.97 Å². The third kappa shape index (κ3) is 3.30. The Morgan fingerprint density at radius 3 is 2.72 bits per heavy atom. The molecule has 3 rings (SSSR count). The molecule has 134 valence electrons. The van der Waals surface area contributed by atoms with Crippen LogP contribution in [0.15, 0.2) is 12.1 Å². The summed E-state index contributed by atoms with van der Waals surface area (Å²) in [4.78, 5) is 22.8. The zero-order valence-corrected chi connectivity index (χ0v) is 15.7. The van der Waals surface area contributed by atoms with Crippen LogP contribution >= 0.6 is 23.2 Å². The molecule has 0 aliphatic heterocycles. The van der Waals surface area contributed by atoms with E-state index in [0.29, 0.717) is 17.4 Å². The number of carboxylic acids is 1. The smallest absolute Gasteiger partial charge is 0.341 e. The minimum absolute atomic E-state index is 0.108. The molecule has 0 spiro atoms. The zero-order valence-electron chi connectivity index (χ0n) is 14.2. The maximum Gasteiger partial charge on any atom is 0.341 e. The molecule has 1 unspecified atom stereocenters. The lowest BCUT2D eigenvalue weighted by molar-refractivity contribution is -0.139. The van der Waals surface area contributed by atoms with Gasteiger partial charge < -0.3 is 9.84 Å². The molecule has 6 heteroatoms. The van der Waals surface area contributed by atoms with Crippen LogP contribution in [-0.4, -0.2) is 23.5 Å². The maximum atomic E-state index is 12.0. The third-order valence-electron chi connectivity index (χ3n) is 4.93. The van der Waals surface area contributed by atoms with Crippen LogP contribution in [0.2, 0.25) is 10.0 Å². The molecule has 1 aromatic rings. The molecule has 2 aliphatic rings. The van der Waals surface area contributed by atoms with Gasteiger partial charge in [0.15, 0.2) is 12.4 Å². The number of hydrogen-bond donors (Lipinski definition) is 1. The van der Waals surface area contributed by atoms with Gasteiger partial charge in [0.05, 0.1) is 5.02 Å². The quantitative estimate of drug-likeness (QED) is 0.794. The average molecular weight is 383 g/mol. The zero-order chi connectivity index (χ0) is 18.4. The van der Waals surface area contributed by atoms with Crippen LogP contribution < -0.4 is 4.74 Å². The van der Waals surface area contributed by atoms with Gasteiger partial charge in [0.25, 0.3) is 0 Å². The molecule has 0 saturated carbocycles. The van der Waals surface area contributed by atoms with Crippen LogP contribution in [0, 0.1) is 11.3 Å². The lowest BCUT2D eigenvalue weighted by Crippen LogP contribution is -2.27. The summed E-state index contributed by atoms with van der Waals surface area (Å²) in [5.41, 5.74) is 2.66. The first-order valence-corrected chi connectivity index (χ1v) is 9.10. The summed E-state index contributed by atoms with van der Waals surface area (Å²) in [5.74, 6) is -0.215.